The van der Waals surface area contributed by atoms with Gasteiger partial charge < -0.3 is 20.3 Å². The van der Waals surface area contributed by atoms with E-state index in [2.05, 4.69) is 5.32 Å². The van der Waals surface area contributed by atoms with Crippen molar-refractivity contribution in [3.63, 3.8) is 0 Å². The fourth-order valence-electron chi connectivity index (χ4n) is 2.57. The zero-order chi connectivity index (χ0) is 12.6. The van der Waals surface area contributed by atoms with Crippen LogP contribution in [-0.4, -0.2) is 46.6 Å². The standard InChI is InChI=1S/C12H21NO4/c1-3-6(2)12(16)17-7-4-8-10(14)11(15)9(5-7)13-8/h6-11,13-15H,3-5H2,1-2H3/t6-,7?,8-,9+,10+,11+/m1/s1. The first kappa shape index (κ1) is 12.8. The van der Waals surface area contributed by atoms with Crippen molar-refractivity contribution < 1.29 is 19.7 Å². The van der Waals surface area contributed by atoms with E-state index in [1.54, 1.807) is 0 Å². The highest BCUT2D eigenvalue weighted by molar-refractivity contribution is 5.72. The van der Waals surface area contributed by atoms with Crippen LogP contribution in [0.3, 0.4) is 0 Å². The van der Waals surface area contributed by atoms with Crippen LogP contribution in [0.15, 0.2) is 0 Å². The van der Waals surface area contributed by atoms with Gasteiger partial charge in [-0.2, -0.15) is 0 Å². The monoisotopic (exact) mass is 243 g/mol. The number of carbonyl (C=O) groups is 1. The second kappa shape index (κ2) is 4.92. The van der Waals surface area contributed by atoms with Crippen LogP contribution < -0.4 is 5.32 Å². The van der Waals surface area contributed by atoms with Gasteiger partial charge in [0.25, 0.3) is 0 Å². The molecule has 2 saturated heterocycles. The summed E-state index contributed by atoms with van der Waals surface area (Å²) in [7, 11) is 0. The van der Waals surface area contributed by atoms with Crippen molar-refractivity contribution in [1.29, 1.82) is 0 Å². The number of hydrogen-bond acceptors (Lipinski definition) is 5. The summed E-state index contributed by atoms with van der Waals surface area (Å²) >= 11 is 0. The number of hydrogen-bond donors (Lipinski definition) is 3. The Kier molecular flexibility index (Phi) is 3.70. The smallest absolute Gasteiger partial charge is 0.308 e. The van der Waals surface area contributed by atoms with Gasteiger partial charge in [-0.15, -0.1) is 0 Å². The Labute approximate surface area is 101 Å². The van der Waals surface area contributed by atoms with Crippen LogP contribution in [0, 0.1) is 5.92 Å². The first-order chi connectivity index (χ1) is 8.02. The number of fused-ring (bicyclic) bond motifs is 2. The number of piperidine rings is 1. The Morgan fingerprint density at radius 1 is 1.35 bits per heavy atom. The number of ether oxygens (including phenoxy) is 1. The molecule has 3 N–H and O–H groups in total. The molecule has 2 heterocycles. The summed E-state index contributed by atoms with van der Waals surface area (Å²) < 4.78 is 5.42. The number of nitrogens with one attached hydrogen (secondary N) is 1. The fourth-order valence-corrected chi connectivity index (χ4v) is 2.57. The van der Waals surface area contributed by atoms with Crippen molar-refractivity contribution in [3.05, 3.63) is 0 Å². The summed E-state index contributed by atoms with van der Waals surface area (Å²) in [5.74, 6) is -0.264. The molecule has 0 amide bonds. The molecule has 0 aliphatic carbocycles. The summed E-state index contributed by atoms with van der Waals surface area (Å²) in [6.07, 6.45) is 0.259. The minimum Gasteiger partial charge on any atom is -0.462 e. The number of rotatable bonds is 3. The van der Waals surface area contributed by atoms with Crippen LogP contribution >= 0.6 is 0 Å². The van der Waals surface area contributed by atoms with E-state index in [-0.39, 0.29) is 30.1 Å². The Hall–Kier alpha value is -0.650. The van der Waals surface area contributed by atoms with Gasteiger partial charge in [0.2, 0.25) is 0 Å². The van der Waals surface area contributed by atoms with E-state index in [4.69, 9.17) is 4.74 Å². The van der Waals surface area contributed by atoms with Crippen LogP contribution in [-0.2, 0) is 9.53 Å². The van der Waals surface area contributed by atoms with Crippen LogP contribution in [0.4, 0.5) is 0 Å². The summed E-state index contributed by atoms with van der Waals surface area (Å²) in [4.78, 5) is 11.7. The Balaban J connectivity index is 1.91. The summed E-state index contributed by atoms with van der Waals surface area (Å²) in [6.45, 7) is 3.80. The third-order valence-electron chi connectivity index (χ3n) is 3.93. The molecule has 2 fully saturated rings. The topological polar surface area (TPSA) is 78.8 Å². The van der Waals surface area contributed by atoms with E-state index >= 15 is 0 Å². The molecule has 5 heteroatoms. The van der Waals surface area contributed by atoms with E-state index in [0.29, 0.717) is 12.8 Å². The summed E-state index contributed by atoms with van der Waals surface area (Å²) in [6, 6.07) is -0.308. The van der Waals surface area contributed by atoms with Crippen LogP contribution in [0.2, 0.25) is 0 Å². The maximum absolute atomic E-state index is 11.7. The highest BCUT2D eigenvalue weighted by atomic mass is 16.5. The van der Waals surface area contributed by atoms with E-state index in [9.17, 15) is 15.0 Å². The molecule has 2 aliphatic rings. The van der Waals surface area contributed by atoms with Crippen molar-refractivity contribution in [1.82, 2.24) is 5.32 Å². The normalized spacial score (nSPS) is 42.2. The second-order valence-corrected chi connectivity index (χ2v) is 5.20. The zero-order valence-corrected chi connectivity index (χ0v) is 10.3. The van der Waals surface area contributed by atoms with Gasteiger partial charge in [0.15, 0.2) is 0 Å². The van der Waals surface area contributed by atoms with Gasteiger partial charge in [-0.1, -0.05) is 13.8 Å². The molecule has 1 unspecified atom stereocenters. The third-order valence-corrected chi connectivity index (χ3v) is 3.93. The average Bonchev–Trinajstić information content (AvgIpc) is 2.52. The maximum atomic E-state index is 11.7. The molecule has 0 spiro atoms. The van der Waals surface area contributed by atoms with Gasteiger partial charge in [-0.25, -0.2) is 0 Å². The molecule has 2 aliphatic heterocycles. The minimum absolute atomic E-state index is 0.0858. The Morgan fingerprint density at radius 2 is 1.88 bits per heavy atom. The highest BCUT2D eigenvalue weighted by Crippen LogP contribution is 2.29. The largest absolute Gasteiger partial charge is 0.462 e. The van der Waals surface area contributed by atoms with Crippen molar-refractivity contribution >= 4 is 5.97 Å². The predicted octanol–water partition coefficient (Wildman–Crippen LogP) is -0.200. The van der Waals surface area contributed by atoms with Gasteiger partial charge in [-0.05, 0) is 6.42 Å². The molecular formula is C12H21NO4. The number of aliphatic hydroxyl groups excluding tert-OH is 2. The van der Waals surface area contributed by atoms with E-state index in [1.165, 1.54) is 0 Å². The van der Waals surface area contributed by atoms with Crippen molar-refractivity contribution in [2.24, 2.45) is 5.92 Å². The molecular weight excluding hydrogens is 222 g/mol. The molecule has 5 nitrogen and oxygen atoms in total. The van der Waals surface area contributed by atoms with E-state index < -0.39 is 12.2 Å². The molecule has 0 saturated carbocycles. The van der Waals surface area contributed by atoms with Gasteiger partial charge in [0.1, 0.15) is 6.10 Å². The molecule has 98 valence electrons. The maximum Gasteiger partial charge on any atom is 0.308 e. The molecule has 17 heavy (non-hydrogen) atoms. The van der Waals surface area contributed by atoms with Crippen LogP contribution in [0.1, 0.15) is 33.1 Å². The molecule has 0 aromatic heterocycles. The van der Waals surface area contributed by atoms with Gasteiger partial charge in [0, 0.05) is 24.9 Å². The lowest BCUT2D eigenvalue weighted by Gasteiger charge is -2.29. The van der Waals surface area contributed by atoms with Crippen molar-refractivity contribution in [2.75, 3.05) is 0 Å². The summed E-state index contributed by atoms with van der Waals surface area (Å²) in [5.41, 5.74) is 0. The van der Waals surface area contributed by atoms with Crippen LogP contribution in [0.25, 0.3) is 0 Å². The lowest BCUT2D eigenvalue weighted by Crippen LogP contribution is -2.45. The number of carbonyl (C=O) groups excluding carboxylic acids is 1. The lowest BCUT2D eigenvalue weighted by molar-refractivity contribution is -0.155. The second-order valence-electron chi connectivity index (χ2n) is 5.20. The van der Waals surface area contributed by atoms with E-state index in [0.717, 1.165) is 6.42 Å². The highest BCUT2D eigenvalue weighted by Gasteiger charge is 2.47. The first-order valence-electron chi connectivity index (χ1n) is 6.35. The third kappa shape index (κ3) is 2.46. The first-order valence-corrected chi connectivity index (χ1v) is 6.35. The molecule has 0 aromatic rings. The molecule has 6 atom stereocenters. The van der Waals surface area contributed by atoms with Gasteiger partial charge in [0.05, 0.1) is 18.1 Å². The Morgan fingerprint density at radius 3 is 2.35 bits per heavy atom. The SMILES string of the molecule is CC[C@@H](C)C(=O)OC1C[C@@H]2N[C@H](C1)[C@H](O)[C@H]2O. The quantitative estimate of drug-likeness (QED) is 0.598. The van der Waals surface area contributed by atoms with E-state index in [1.807, 2.05) is 13.8 Å². The predicted molar refractivity (Wildman–Crippen MR) is 61.3 cm³/mol. The van der Waals surface area contributed by atoms with Gasteiger partial charge in [-0.3, -0.25) is 4.79 Å². The average molecular weight is 243 g/mol. The van der Waals surface area contributed by atoms with Gasteiger partial charge >= 0.3 is 5.97 Å². The Bertz CT molecular complexity index is 280. The molecule has 0 aromatic carbocycles. The lowest BCUT2D eigenvalue weighted by atomic mass is 10.0. The minimum atomic E-state index is -0.743. The van der Waals surface area contributed by atoms with Crippen molar-refractivity contribution in [2.45, 2.75) is 63.5 Å². The number of aliphatic hydroxyl groups is 2. The molecule has 2 bridgehead atoms. The number of esters is 1. The molecule has 2 rings (SSSR count). The van der Waals surface area contributed by atoms with Crippen molar-refractivity contribution in [3.8, 4) is 0 Å². The molecule has 0 radical (unpaired) electrons. The zero-order valence-electron chi connectivity index (χ0n) is 10.3. The van der Waals surface area contributed by atoms with Crippen LogP contribution in [0.5, 0.6) is 0 Å². The fraction of sp³-hybridized carbons (Fsp3) is 0.917. The summed E-state index contributed by atoms with van der Waals surface area (Å²) in [5, 5.41) is 22.6.